The zero-order valence-corrected chi connectivity index (χ0v) is 15.4. The number of carbonyl (C=O) groups is 2. The molecule has 26 heavy (non-hydrogen) atoms. The molecule has 1 aliphatic carbocycles. The van der Waals surface area contributed by atoms with Crippen LogP contribution in [-0.2, 0) is 20.7 Å². The molecule has 5 heteroatoms. The van der Waals surface area contributed by atoms with Gasteiger partial charge in [-0.3, -0.25) is 9.59 Å². The molecular formula is C21H28N2O3. The highest BCUT2D eigenvalue weighted by Crippen LogP contribution is 2.50. The minimum absolute atomic E-state index is 0.00172. The van der Waals surface area contributed by atoms with Gasteiger partial charge in [-0.25, -0.2) is 0 Å². The van der Waals surface area contributed by atoms with Crippen LogP contribution in [-0.4, -0.2) is 61.0 Å². The molecule has 3 fully saturated rings. The number of hydrogen-bond acceptors (Lipinski definition) is 3. The fraction of sp³-hybridized carbons (Fsp3) is 0.619. The van der Waals surface area contributed by atoms with Gasteiger partial charge >= 0.3 is 0 Å². The molecule has 1 aromatic rings. The summed E-state index contributed by atoms with van der Waals surface area (Å²) in [4.78, 5) is 29.8. The molecule has 2 amide bonds. The van der Waals surface area contributed by atoms with Gasteiger partial charge in [0.2, 0.25) is 11.8 Å². The van der Waals surface area contributed by atoms with Gasteiger partial charge in [0.1, 0.15) is 0 Å². The Morgan fingerprint density at radius 1 is 1.04 bits per heavy atom. The van der Waals surface area contributed by atoms with Crippen LogP contribution < -0.4 is 0 Å². The maximum absolute atomic E-state index is 13.1. The summed E-state index contributed by atoms with van der Waals surface area (Å²) < 4.78 is 5.39. The first-order chi connectivity index (χ1) is 12.7. The standard InChI is InChI=1S/C21H28N2O3/c24-19(15-17-5-2-1-3-6-17)23-10-9-21(16-23)8-4-7-18(21)20(25)22-11-13-26-14-12-22/h1-3,5-6,18H,4,7-16H2. The Balaban J connectivity index is 1.42. The molecule has 1 aromatic carbocycles. The molecule has 2 aliphatic heterocycles. The maximum Gasteiger partial charge on any atom is 0.227 e. The average Bonchev–Trinajstić information content (AvgIpc) is 3.30. The van der Waals surface area contributed by atoms with E-state index in [1.165, 1.54) is 0 Å². The first kappa shape index (κ1) is 17.5. The van der Waals surface area contributed by atoms with E-state index in [1.54, 1.807) is 0 Å². The Hall–Kier alpha value is -1.88. The molecule has 2 atom stereocenters. The van der Waals surface area contributed by atoms with Gasteiger partial charge in [0.25, 0.3) is 0 Å². The fourth-order valence-electron chi connectivity index (χ4n) is 5.01. The summed E-state index contributed by atoms with van der Waals surface area (Å²) in [5.74, 6) is 0.566. The lowest BCUT2D eigenvalue weighted by Crippen LogP contribution is -2.47. The number of ether oxygens (including phenoxy) is 1. The third kappa shape index (κ3) is 3.37. The van der Waals surface area contributed by atoms with Crippen LogP contribution in [0, 0.1) is 11.3 Å². The summed E-state index contributed by atoms with van der Waals surface area (Å²) in [7, 11) is 0. The Morgan fingerprint density at radius 3 is 2.58 bits per heavy atom. The molecule has 2 unspecified atom stereocenters. The SMILES string of the molecule is O=C(Cc1ccccc1)N1CCC2(CCCC2C(=O)N2CCOCC2)C1. The molecule has 1 saturated carbocycles. The molecule has 0 N–H and O–H groups in total. The Labute approximate surface area is 155 Å². The van der Waals surface area contributed by atoms with E-state index in [-0.39, 0.29) is 17.2 Å². The third-order valence-electron chi connectivity index (χ3n) is 6.46. The molecule has 3 aliphatic rings. The normalized spacial score (nSPS) is 28.7. The number of rotatable bonds is 3. The monoisotopic (exact) mass is 356 g/mol. The molecule has 140 valence electrons. The van der Waals surface area contributed by atoms with E-state index in [0.29, 0.717) is 38.6 Å². The summed E-state index contributed by atoms with van der Waals surface area (Å²) >= 11 is 0. The van der Waals surface area contributed by atoms with Crippen LogP contribution in [0.2, 0.25) is 0 Å². The van der Waals surface area contributed by atoms with Crippen molar-refractivity contribution in [3.8, 4) is 0 Å². The molecular weight excluding hydrogens is 328 g/mol. The van der Waals surface area contributed by atoms with Crippen molar-refractivity contribution in [2.24, 2.45) is 11.3 Å². The Morgan fingerprint density at radius 2 is 1.81 bits per heavy atom. The second-order valence-electron chi connectivity index (χ2n) is 7.97. The predicted octanol–water partition coefficient (Wildman–Crippen LogP) is 2.11. The van der Waals surface area contributed by atoms with Crippen LogP contribution in [0.25, 0.3) is 0 Å². The van der Waals surface area contributed by atoms with Crippen LogP contribution in [0.5, 0.6) is 0 Å². The lowest BCUT2D eigenvalue weighted by Gasteiger charge is -2.36. The number of likely N-dealkylation sites (tertiary alicyclic amines) is 1. The van der Waals surface area contributed by atoms with E-state index in [2.05, 4.69) is 0 Å². The molecule has 5 nitrogen and oxygen atoms in total. The Bertz CT molecular complexity index is 656. The first-order valence-electron chi connectivity index (χ1n) is 9.86. The van der Waals surface area contributed by atoms with Crippen molar-refractivity contribution in [3.05, 3.63) is 35.9 Å². The Kier molecular flexibility index (Phi) is 4.98. The van der Waals surface area contributed by atoms with Gasteiger partial charge < -0.3 is 14.5 Å². The van der Waals surface area contributed by atoms with Crippen molar-refractivity contribution in [3.63, 3.8) is 0 Å². The molecule has 1 spiro atoms. The van der Waals surface area contributed by atoms with Crippen molar-refractivity contribution >= 4 is 11.8 Å². The van der Waals surface area contributed by atoms with E-state index in [0.717, 1.165) is 44.3 Å². The highest BCUT2D eigenvalue weighted by Gasteiger charge is 2.52. The van der Waals surface area contributed by atoms with Gasteiger partial charge in [-0.1, -0.05) is 36.8 Å². The summed E-state index contributed by atoms with van der Waals surface area (Å²) in [6.45, 7) is 4.25. The van der Waals surface area contributed by atoms with Gasteiger partial charge in [-0.05, 0) is 24.8 Å². The van der Waals surface area contributed by atoms with Gasteiger partial charge in [0, 0.05) is 37.5 Å². The van der Waals surface area contributed by atoms with Crippen LogP contribution in [0.4, 0.5) is 0 Å². The smallest absolute Gasteiger partial charge is 0.227 e. The number of benzene rings is 1. The average molecular weight is 356 g/mol. The second kappa shape index (κ2) is 7.39. The van der Waals surface area contributed by atoms with Crippen molar-refractivity contribution in [1.82, 2.24) is 9.80 Å². The molecule has 0 aromatic heterocycles. The van der Waals surface area contributed by atoms with E-state index < -0.39 is 0 Å². The number of carbonyl (C=O) groups excluding carboxylic acids is 2. The molecule has 0 bridgehead atoms. The lowest BCUT2D eigenvalue weighted by atomic mass is 9.76. The number of nitrogens with zero attached hydrogens (tertiary/aromatic N) is 2. The van der Waals surface area contributed by atoms with E-state index in [4.69, 9.17) is 4.74 Å². The zero-order valence-electron chi connectivity index (χ0n) is 15.4. The summed E-state index contributed by atoms with van der Waals surface area (Å²) in [6.07, 6.45) is 4.56. The van der Waals surface area contributed by atoms with Crippen LogP contribution in [0.3, 0.4) is 0 Å². The van der Waals surface area contributed by atoms with Crippen molar-refractivity contribution < 1.29 is 14.3 Å². The minimum atomic E-state index is 0.00172. The molecule has 2 heterocycles. The largest absolute Gasteiger partial charge is 0.378 e. The highest BCUT2D eigenvalue weighted by molar-refractivity contribution is 5.82. The van der Waals surface area contributed by atoms with E-state index >= 15 is 0 Å². The number of amides is 2. The third-order valence-corrected chi connectivity index (χ3v) is 6.46. The highest BCUT2D eigenvalue weighted by atomic mass is 16.5. The maximum atomic E-state index is 13.1. The fourth-order valence-corrected chi connectivity index (χ4v) is 5.01. The second-order valence-corrected chi connectivity index (χ2v) is 7.97. The van der Waals surface area contributed by atoms with E-state index in [1.807, 2.05) is 40.1 Å². The van der Waals surface area contributed by atoms with Crippen molar-refractivity contribution in [1.29, 1.82) is 0 Å². The van der Waals surface area contributed by atoms with Gasteiger partial charge in [0.05, 0.1) is 19.6 Å². The van der Waals surface area contributed by atoms with Gasteiger partial charge in [-0.15, -0.1) is 0 Å². The minimum Gasteiger partial charge on any atom is -0.378 e. The number of hydrogen-bond donors (Lipinski definition) is 0. The summed E-state index contributed by atoms with van der Waals surface area (Å²) in [5, 5.41) is 0. The van der Waals surface area contributed by atoms with Crippen molar-refractivity contribution in [2.45, 2.75) is 32.1 Å². The quantitative estimate of drug-likeness (QED) is 0.833. The van der Waals surface area contributed by atoms with Crippen LogP contribution >= 0.6 is 0 Å². The lowest BCUT2D eigenvalue weighted by molar-refractivity contribution is -0.143. The van der Waals surface area contributed by atoms with Crippen LogP contribution in [0.1, 0.15) is 31.2 Å². The van der Waals surface area contributed by atoms with Crippen molar-refractivity contribution in [2.75, 3.05) is 39.4 Å². The van der Waals surface area contributed by atoms with Gasteiger partial charge in [-0.2, -0.15) is 0 Å². The zero-order chi connectivity index (χ0) is 18.0. The molecule has 4 rings (SSSR count). The van der Waals surface area contributed by atoms with Crippen LogP contribution in [0.15, 0.2) is 30.3 Å². The van der Waals surface area contributed by atoms with E-state index in [9.17, 15) is 9.59 Å². The number of morpholine rings is 1. The molecule has 2 saturated heterocycles. The van der Waals surface area contributed by atoms with Gasteiger partial charge in [0.15, 0.2) is 0 Å². The summed E-state index contributed by atoms with van der Waals surface area (Å²) in [5.41, 5.74) is 1.06. The topological polar surface area (TPSA) is 49.9 Å². The first-order valence-corrected chi connectivity index (χ1v) is 9.86. The summed E-state index contributed by atoms with van der Waals surface area (Å²) in [6, 6.07) is 9.93. The molecule has 0 radical (unpaired) electrons. The predicted molar refractivity (Wildman–Crippen MR) is 98.5 cm³/mol.